The van der Waals surface area contributed by atoms with Crippen LogP contribution in [0.4, 0.5) is 0 Å². The Balaban J connectivity index is 1.92. The minimum atomic E-state index is -0.745. The van der Waals surface area contributed by atoms with Crippen molar-refractivity contribution in [3.8, 4) is 0 Å². The summed E-state index contributed by atoms with van der Waals surface area (Å²) in [4.78, 5) is 46.1. The van der Waals surface area contributed by atoms with E-state index < -0.39 is 18.0 Å². The zero-order valence-electron chi connectivity index (χ0n) is 15.2. The lowest BCUT2D eigenvalue weighted by molar-refractivity contribution is 0.0325. The van der Waals surface area contributed by atoms with Crippen molar-refractivity contribution in [2.24, 2.45) is 0 Å². The molecule has 142 valence electrons. The van der Waals surface area contributed by atoms with Gasteiger partial charge in [-0.2, -0.15) is 0 Å². The smallest absolute Gasteiger partial charge is 0.349 e. The van der Waals surface area contributed by atoms with Crippen LogP contribution in [0.2, 0.25) is 0 Å². The Morgan fingerprint density at radius 3 is 2.59 bits per heavy atom. The molecule has 3 heterocycles. The summed E-state index contributed by atoms with van der Waals surface area (Å²) >= 11 is 2.43. The van der Waals surface area contributed by atoms with Crippen molar-refractivity contribution >= 4 is 44.8 Å². The first kappa shape index (κ1) is 19.2. The van der Waals surface area contributed by atoms with Crippen LogP contribution in [0.3, 0.4) is 0 Å². The molecule has 9 heteroatoms. The number of H-pyrrole nitrogens is 1. The number of ether oxygens (including phenoxy) is 2. The Morgan fingerprint density at radius 2 is 1.96 bits per heavy atom. The third kappa shape index (κ3) is 3.79. The van der Waals surface area contributed by atoms with Crippen molar-refractivity contribution in [1.29, 1.82) is 0 Å². The van der Waals surface area contributed by atoms with Crippen LogP contribution in [0.5, 0.6) is 0 Å². The van der Waals surface area contributed by atoms with Crippen LogP contribution in [0.25, 0.3) is 10.2 Å². The van der Waals surface area contributed by atoms with Crippen molar-refractivity contribution in [2.45, 2.75) is 33.8 Å². The molecular formula is C18H18N2O5S2. The van der Waals surface area contributed by atoms with E-state index in [4.69, 9.17) is 9.47 Å². The van der Waals surface area contributed by atoms with Crippen LogP contribution in [0.15, 0.2) is 16.9 Å². The summed E-state index contributed by atoms with van der Waals surface area (Å²) in [5.41, 5.74) is 0.154. The number of hydrogen-bond acceptors (Lipinski definition) is 8. The number of fused-ring (bicyclic) bond motifs is 1. The van der Waals surface area contributed by atoms with Crippen molar-refractivity contribution in [1.82, 2.24) is 9.97 Å². The maximum absolute atomic E-state index is 12.5. The summed E-state index contributed by atoms with van der Waals surface area (Å²) in [6.07, 6.45) is -0.745. The molecule has 0 bridgehead atoms. The number of thiophene rings is 2. The van der Waals surface area contributed by atoms with Gasteiger partial charge in [-0.05, 0) is 45.4 Å². The highest BCUT2D eigenvalue weighted by Crippen LogP contribution is 2.29. The number of esters is 2. The van der Waals surface area contributed by atoms with Crippen LogP contribution in [0, 0.1) is 13.8 Å². The standard InChI is InChI=1S/C18H18N2O5S2/c1-5-24-18(23)13-9(3)12-15(21)19-14(20-16(12)27-13)10(4)25-17(22)11-7-6-8(2)26-11/h6-7,10H,5H2,1-4H3,(H,19,20,21)/t10-/m1/s1. The fourth-order valence-electron chi connectivity index (χ4n) is 2.56. The molecule has 0 fully saturated rings. The number of aromatic nitrogens is 2. The van der Waals surface area contributed by atoms with Gasteiger partial charge in [0.25, 0.3) is 5.56 Å². The van der Waals surface area contributed by atoms with E-state index in [9.17, 15) is 14.4 Å². The van der Waals surface area contributed by atoms with Gasteiger partial charge in [0, 0.05) is 4.88 Å². The van der Waals surface area contributed by atoms with E-state index in [1.807, 2.05) is 13.0 Å². The quantitative estimate of drug-likeness (QED) is 0.648. The number of nitrogens with zero attached hydrogens (tertiary/aromatic N) is 1. The minimum absolute atomic E-state index is 0.228. The average Bonchev–Trinajstić information content (AvgIpc) is 3.19. The molecule has 0 saturated carbocycles. The molecule has 0 spiro atoms. The molecule has 0 aromatic carbocycles. The second-order valence-corrected chi connectivity index (χ2v) is 8.15. The predicted molar refractivity (Wildman–Crippen MR) is 104 cm³/mol. The molecule has 7 nitrogen and oxygen atoms in total. The van der Waals surface area contributed by atoms with Gasteiger partial charge in [0.2, 0.25) is 0 Å². The highest BCUT2D eigenvalue weighted by atomic mass is 32.1. The fourth-order valence-corrected chi connectivity index (χ4v) is 4.40. The van der Waals surface area contributed by atoms with E-state index in [1.54, 1.807) is 26.8 Å². The first-order valence-corrected chi connectivity index (χ1v) is 9.93. The van der Waals surface area contributed by atoms with Crippen molar-refractivity contribution in [2.75, 3.05) is 6.61 Å². The molecule has 0 amide bonds. The normalized spacial score (nSPS) is 12.1. The van der Waals surface area contributed by atoms with Crippen molar-refractivity contribution < 1.29 is 19.1 Å². The number of carbonyl (C=O) groups is 2. The van der Waals surface area contributed by atoms with Gasteiger partial charge in [0.1, 0.15) is 14.6 Å². The Morgan fingerprint density at radius 1 is 1.22 bits per heavy atom. The van der Waals surface area contributed by atoms with Crippen LogP contribution < -0.4 is 5.56 Å². The Labute approximate surface area is 163 Å². The Bertz CT molecular complexity index is 1080. The lowest BCUT2D eigenvalue weighted by atomic mass is 10.2. The van der Waals surface area contributed by atoms with E-state index in [-0.39, 0.29) is 18.0 Å². The third-order valence-corrected chi connectivity index (χ3v) is 6.04. The van der Waals surface area contributed by atoms with E-state index in [2.05, 4.69) is 9.97 Å². The van der Waals surface area contributed by atoms with Crippen LogP contribution >= 0.6 is 22.7 Å². The number of carbonyl (C=O) groups excluding carboxylic acids is 2. The van der Waals surface area contributed by atoms with Gasteiger partial charge >= 0.3 is 11.9 Å². The van der Waals surface area contributed by atoms with E-state index in [0.717, 1.165) is 16.2 Å². The van der Waals surface area contributed by atoms with Crippen molar-refractivity contribution in [3.05, 3.63) is 48.5 Å². The number of hydrogen-bond donors (Lipinski definition) is 1. The average molecular weight is 406 g/mol. The van der Waals surface area contributed by atoms with Gasteiger partial charge in [-0.1, -0.05) is 0 Å². The largest absolute Gasteiger partial charge is 0.462 e. The zero-order chi connectivity index (χ0) is 19.7. The van der Waals surface area contributed by atoms with E-state index in [1.165, 1.54) is 11.3 Å². The monoisotopic (exact) mass is 406 g/mol. The summed E-state index contributed by atoms with van der Waals surface area (Å²) < 4.78 is 10.4. The highest BCUT2D eigenvalue weighted by Gasteiger charge is 2.23. The maximum Gasteiger partial charge on any atom is 0.349 e. The molecule has 0 unspecified atom stereocenters. The fraction of sp³-hybridized carbons (Fsp3) is 0.333. The molecule has 0 saturated heterocycles. The maximum atomic E-state index is 12.5. The molecule has 0 aliphatic heterocycles. The summed E-state index contributed by atoms with van der Waals surface area (Å²) in [6.45, 7) is 7.18. The van der Waals surface area contributed by atoms with Gasteiger partial charge in [-0.15, -0.1) is 22.7 Å². The van der Waals surface area contributed by atoms with Gasteiger partial charge in [-0.25, -0.2) is 14.6 Å². The number of aromatic amines is 1. The molecule has 1 N–H and O–H groups in total. The molecule has 0 radical (unpaired) electrons. The van der Waals surface area contributed by atoms with Crippen LogP contribution in [0.1, 0.15) is 55.6 Å². The summed E-state index contributed by atoms with van der Waals surface area (Å²) in [6, 6.07) is 3.53. The molecule has 27 heavy (non-hydrogen) atoms. The lowest BCUT2D eigenvalue weighted by Crippen LogP contribution is -2.17. The zero-order valence-corrected chi connectivity index (χ0v) is 16.9. The predicted octanol–water partition coefficient (Wildman–Crippen LogP) is 3.76. The number of nitrogens with one attached hydrogen (secondary N) is 1. The molecule has 0 aliphatic rings. The second kappa shape index (κ2) is 7.61. The number of aryl methyl sites for hydroxylation is 2. The van der Waals surface area contributed by atoms with Gasteiger partial charge in [-0.3, -0.25) is 4.79 Å². The summed E-state index contributed by atoms with van der Waals surface area (Å²) in [5.74, 6) is -0.727. The minimum Gasteiger partial charge on any atom is -0.462 e. The SMILES string of the molecule is CCOC(=O)c1sc2nc([C@@H](C)OC(=O)c3ccc(C)s3)[nH]c(=O)c2c1C. The van der Waals surface area contributed by atoms with Gasteiger partial charge < -0.3 is 14.5 Å². The van der Waals surface area contributed by atoms with Gasteiger partial charge in [0.15, 0.2) is 11.9 Å². The second-order valence-electron chi connectivity index (χ2n) is 5.87. The molecule has 3 rings (SSSR count). The Hall–Kier alpha value is -2.52. The van der Waals surface area contributed by atoms with Crippen LogP contribution in [-0.4, -0.2) is 28.5 Å². The number of rotatable bonds is 5. The molecular weight excluding hydrogens is 388 g/mol. The van der Waals surface area contributed by atoms with Crippen LogP contribution in [-0.2, 0) is 9.47 Å². The summed E-state index contributed by atoms with van der Waals surface area (Å²) in [5, 5.41) is 0.346. The first-order valence-electron chi connectivity index (χ1n) is 8.29. The van der Waals surface area contributed by atoms with E-state index >= 15 is 0 Å². The Kier molecular flexibility index (Phi) is 5.43. The highest BCUT2D eigenvalue weighted by molar-refractivity contribution is 7.20. The third-order valence-electron chi connectivity index (χ3n) is 3.89. The molecule has 0 aliphatic carbocycles. The molecule has 1 atom stereocenters. The molecule has 3 aromatic heterocycles. The summed E-state index contributed by atoms with van der Waals surface area (Å²) in [7, 11) is 0. The lowest BCUT2D eigenvalue weighted by Gasteiger charge is -2.11. The van der Waals surface area contributed by atoms with E-state index in [0.29, 0.717) is 25.5 Å². The molecule has 3 aromatic rings. The van der Waals surface area contributed by atoms with Crippen molar-refractivity contribution in [3.63, 3.8) is 0 Å². The topological polar surface area (TPSA) is 98.3 Å². The van der Waals surface area contributed by atoms with Gasteiger partial charge in [0.05, 0.1) is 12.0 Å². The first-order chi connectivity index (χ1) is 12.8.